The number of H-pyrrole nitrogens is 1. The van der Waals surface area contributed by atoms with Crippen LogP contribution in [0.2, 0.25) is 0 Å². The minimum absolute atomic E-state index is 0.0445. The predicted octanol–water partition coefficient (Wildman–Crippen LogP) is 1.67. The van der Waals surface area contributed by atoms with E-state index in [1.807, 2.05) is 23.1 Å². The Morgan fingerprint density at radius 2 is 1.90 bits per heavy atom. The summed E-state index contributed by atoms with van der Waals surface area (Å²) in [6.45, 7) is 3.95. The fourth-order valence-corrected chi connectivity index (χ4v) is 4.72. The Balaban J connectivity index is 1.22. The number of nitrogens with one attached hydrogen (secondary N) is 2. The highest BCUT2D eigenvalue weighted by molar-refractivity contribution is 5.93. The van der Waals surface area contributed by atoms with Crippen molar-refractivity contribution in [1.82, 2.24) is 25.3 Å². The number of nitrogens with zero attached hydrogens (tertiary/aromatic N) is 3. The molecule has 0 saturated carbocycles. The summed E-state index contributed by atoms with van der Waals surface area (Å²) in [7, 11) is 0. The fraction of sp³-hybridized carbons (Fsp3) is 0.522. The molecule has 0 radical (unpaired) electrons. The zero-order valence-corrected chi connectivity index (χ0v) is 17.9. The first-order valence-electron chi connectivity index (χ1n) is 11.3. The lowest BCUT2D eigenvalue weighted by Crippen LogP contribution is -2.51. The number of carbonyl (C=O) groups excluding carboxylic acids is 2. The van der Waals surface area contributed by atoms with Crippen molar-refractivity contribution in [3.8, 4) is 0 Å². The summed E-state index contributed by atoms with van der Waals surface area (Å²) in [5, 5.41) is 9.67. The molecule has 8 nitrogen and oxygen atoms in total. The molecular weight excluding hydrogens is 392 g/mol. The third kappa shape index (κ3) is 5.44. The maximum absolute atomic E-state index is 12.7. The summed E-state index contributed by atoms with van der Waals surface area (Å²) >= 11 is 0. The molecule has 8 heteroatoms. The van der Waals surface area contributed by atoms with Gasteiger partial charge in [0.05, 0.1) is 5.92 Å². The number of amides is 2. The van der Waals surface area contributed by atoms with E-state index in [-0.39, 0.29) is 17.7 Å². The smallest absolute Gasteiger partial charge is 0.271 e. The van der Waals surface area contributed by atoms with Gasteiger partial charge in [-0.05, 0) is 44.2 Å². The van der Waals surface area contributed by atoms with Gasteiger partial charge in [-0.2, -0.15) is 5.10 Å². The van der Waals surface area contributed by atoms with Crippen LogP contribution >= 0.6 is 0 Å². The number of anilines is 1. The number of nitrogens with two attached hydrogens (primary N) is 1. The molecule has 2 saturated heterocycles. The van der Waals surface area contributed by atoms with Crippen molar-refractivity contribution in [1.29, 1.82) is 0 Å². The predicted molar refractivity (Wildman–Crippen MR) is 119 cm³/mol. The molecule has 2 amide bonds. The maximum atomic E-state index is 12.7. The largest absolute Gasteiger partial charge is 0.382 e. The second-order valence-corrected chi connectivity index (χ2v) is 8.59. The lowest BCUT2D eigenvalue weighted by atomic mass is 9.93. The SMILES string of the molecule is Nc1cc(C(=O)N2CCC(N3CCC[C@H](C(=O)NCCc4ccccc4)C3)CC2)[nH]n1. The Hall–Kier alpha value is -2.87. The monoisotopic (exact) mass is 424 g/mol. The van der Waals surface area contributed by atoms with Crippen molar-refractivity contribution >= 4 is 17.6 Å². The topological polar surface area (TPSA) is 107 Å². The average Bonchev–Trinajstić information content (AvgIpc) is 3.25. The van der Waals surface area contributed by atoms with Gasteiger partial charge in [0, 0.05) is 38.3 Å². The quantitative estimate of drug-likeness (QED) is 0.654. The Labute approximate surface area is 183 Å². The number of piperidine rings is 2. The number of hydrogen-bond donors (Lipinski definition) is 3. The van der Waals surface area contributed by atoms with E-state index in [2.05, 4.69) is 32.5 Å². The van der Waals surface area contributed by atoms with E-state index >= 15 is 0 Å². The van der Waals surface area contributed by atoms with Gasteiger partial charge in [-0.25, -0.2) is 0 Å². The molecule has 1 aromatic carbocycles. The van der Waals surface area contributed by atoms with E-state index in [1.54, 1.807) is 6.07 Å². The zero-order chi connectivity index (χ0) is 21.6. The van der Waals surface area contributed by atoms with Crippen LogP contribution in [0.15, 0.2) is 36.4 Å². The van der Waals surface area contributed by atoms with Gasteiger partial charge in [-0.3, -0.25) is 19.6 Å². The van der Waals surface area contributed by atoms with Crippen LogP contribution < -0.4 is 11.1 Å². The van der Waals surface area contributed by atoms with Gasteiger partial charge in [0.1, 0.15) is 11.5 Å². The first kappa shape index (κ1) is 21.4. The molecule has 2 aliphatic heterocycles. The van der Waals surface area contributed by atoms with Crippen LogP contribution in [0, 0.1) is 5.92 Å². The zero-order valence-electron chi connectivity index (χ0n) is 17.9. The van der Waals surface area contributed by atoms with Crippen molar-refractivity contribution in [2.24, 2.45) is 5.92 Å². The van der Waals surface area contributed by atoms with E-state index in [1.165, 1.54) is 5.56 Å². The van der Waals surface area contributed by atoms with Gasteiger partial charge in [0.15, 0.2) is 0 Å². The summed E-state index contributed by atoms with van der Waals surface area (Å²) in [5.74, 6) is 0.513. The highest BCUT2D eigenvalue weighted by Gasteiger charge is 2.32. The molecule has 1 atom stereocenters. The Kier molecular flexibility index (Phi) is 6.86. The summed E-state index contributed by atoms with van der Waals surface area (Å²) in [5.41, 5.74) is 7.30. The molecule has 3 heterocycles. The molecule has 4 N–H and O–H groups in total. The van der Waals surface area contributed by atoms with Gasteiger partial charge in [-0.1, -0.05) is 30.3 Å². The molecule has 166 valence electrons. The maximum Gasteiger partial charge on any atom is 0.271 e. The molecule has 0 bridgehead atoms. The number of likely N-dealkylation sites (tertiary alicyclic amines) is 2. The normalized spacial score (nSPS) is 20.5. The van der Waals surface area contributed by atoms with E-state index in [4.69, 9.17) is 5.73 Å². The minimum atomic E-state index is -0.0445. The van der Waals surface area contributed by atoms with Crippen LogP contribution in [0.3, 0.4) is 0 Å². The van der Waals surface area contributed by atoms with Gasteiger partial charge in [-0.15, -0.1) is 0 Å². The Bertz CT molecular complexity index is 875. The molecule has 2 fully saturated rings. The second-order valence-electron chi connectivity index (χ2n) is 8.59. The summed E-state index contributed by atoms with van der Waals surface area (Å²) < 4.78 is 0. The molecule has 0 spiro atoms. The third-order valence-corrected chi connectivity index (χ3v) is 6.48. The van der Waals surface area contributed by atoms with E-state index in [9.17, 15) is 9.59 Å². The van der Waals surface area contributed by atoms with Crippen LogP contribution in [-0.4, -0.2) is 70.6 Å². The molecule has 1 aromatic heterocycles. The van der Waals surface area contributed by atoms with Crippen molar-refractivity contribution in [2.45, 2.75) is 38.1 Å². The van der Waals surface area contributed by atoms with Crippen LogP contribution in [0.5, 0.6) is 0 Å². The van der Waals surface area contributed by atoms with Crippen LogP contribution in [-0.2, 0) is 11.2 Å². The van der Waals surface area contributed by atoms with Gasteiger partial charge in [0.25, 0.3) is 5.91 Å². The van der Waals surface area contributed by atoms with Crippen LogP contribution in [0.1, 0.15) is 41.7 Å². The van der Waals surface area contributed by atoms with Crippen molar-refractivity contribution in [3.05, 3.63) is 47.7 Å². The number of nitrogen functional groups attached to an aromatic ring is 1. The first-order valence-corrected chi connectivity index (χ1v) is 11.3. The molecule has 31 heavy (non-hydrogen) atoms. The summed E-state index contributed by atoms with van der Waals surface area (Å²) in [4.78, 5) is 29.6. The molecule has 2 aromatic rings. The fourth-order valence-electron chi connectivity index (χ4n) is 4.72. The highest BCUT2D eigenvalue weighted by Crippen LogP contribution is 2.24. The second kappa shape index (κ2) is 9.96. The van der Waals surface area contributed by atoms with Gasteiger partial charge in [0.2, 0.25) is 5.91 Å². The van der Waals surface area contributed by atoms with Crippen LogP contribution in [0.4, 0.5) is 5.82 Å². The number of aromatic nitrogens is 2. The van der Waals surface area contributed by atoms with Crippen molar-refractivity contribution in [3.63, 3.8) is 0 Å². The lowest BCUT2D eigenvalue weighted by molar-refractivity contribution is -0.127. The van der Waals surface area contributed by atoms with E-state index < -0.39 is 0 Å². The minimum Gasteiger partial charge on any atom is -0.382 e. The van der Waals surface area contributed by atoms with E-state index in [0.717, 1.165) is 45.2 Å². The number of benzene rings is 1. The number of carbonyl (C=O) groups is 2. The highest BCUT2D eigenvalue weighted by atomic mass is 16.2. The third-order valence-electron chi connectivity index (χ3n) is 6.48. The standard InChI is InChI=1S/C23H32N6O2/c24-21-15-20(26-27-21)23(31)28-13-9-19(10-14-28)29-12-4-7-18(16-29)22(30)25-11-8-17-5-2-1-3-6-17/h1-3,5-6,15,18-19H,4,7-14,16H2,(H,25,30)(H3,24,26,27)/t18-/m0/s1. The Morgan fingerprint density at radius 3 is 2.61 bits per heavy atom. The first-order chi connectivity index (χ1) is 15.1. The number of hydrogen-bond acceptors (Lipinski definition) is 5. The lowest BCUT2D eigenvalue weighted by Gasteiger charge is -2.42. The van der Waals surface area contributed by atoms with E-state index in [0.29, 0.717) is 37.2 Å². The van der Waals surface area contributed by atoms with Gasteiger partial charge < -0.3 is 16.0 Å². The molecule has 0 aliphatic carbocycles. The molecule has 4 rings (SSSR count). The number of rotatable bonds is 6. The molecule has 2 aliphatic rings. The summed E-state index contributed by atoms with van der Waals surface area (Å²) in [6.07, 6.45) is 4.71. The average molecular weight is 425 g/mol. The summed E-state index contributed by atoms with van der Waals surface area (Å²) in [6, 6.07) is 12.3. The van der Waals surface area contributed by atoms with Crippen molar-refractivity contribution < 1.29 is 9.59 Å². The van der Waals surface area contributed by atoms with Crippen molar-refractivity contribution in [2.75, 3.05) is 38.5 Å². The molecular formula is C23H32N6O2. The van der Waals surface area contributed by atoms with Crippen LogP contribution in [0.25, 0.3) is 0 Å². The molecule has 0 unspecified atom stereocenters. The Morgan fingerprint density at radius 1 is 1.13 bits per heavy atom. The van der Waals surface area contributed by atoms with Gasteiger partial charge >= 0.3 is 0 Å². The number of aromatic amines is 1.